The molecule has 114 valence electrons. The van der Waals surface area contributed by atoms with Crippen molar-refractivity contribution >= 4 is 0 Å². The maximum atomic E-state index is 5.83. The lowest BCUT2D eigenvalue weighted by molar-refractivity contribution is 0.302. The predicted molar refractivity (Wildman–Crippen MR) is 85.4 cm³/mol. The molecule has 1 heterocycles. The van der Waals surface area contributed by atoms with Crippen LogP contribution in [0.3, 0.4) is 0 Å². The van der Waals surface area contributed by atoms with Crippen LogP contribution >= 0.6 is 0 Å². The van der Waals surface area contributed by atoms with Gasteiger partial charge in [-0.15, -0.1) is 0 Å². The Hall–Kier alpha value is -1.74. The molecule has 0 fully saturated rings. The largest absolute Gasteiger partial charge is 0.489 e. The summed E-state index contributed by atoms with van der Waals surface area (Å²) in [6, 6.07) is 10.3. The van der Waals surface area contributed by atoms with Crippen LogP contribution in [0.15, 0.2) is 34.7 Å². The molecule has 0 amide bonds. The van der Waals surface area contributed by atoms with Crippen LogP contribution in [0.25, 0.3) is 0 Å². The first-order chi connectivity index (χ1) is 9.96. The zero-order chi connectivity index (χ0) is 15.5. The van der Waals surface area contributed by atoms with Crippen LogP contribution in [0.4, 0.5) is 0 Å². The fraction of sp³-hybridized carbons (Fsp3) is 0.444. The zero-order valence-corrected chi connectivity index (χ0v) is 13.4. The van der Waals surface area contributed by atoms with E-state index in [1.165, 1.54) is 5.56 Å². The number of ether oxygens (including phenoxy) is 1. The van der Waals surface area contributed by atoms with Gasteiger partial charge in [0.15, 0.2) is 0 Å². The van der Waals surface area contributed by atoms with Crippen molar-refractivity contribution in [3.63, 3.8) is 0 Å². The van der Waals surface area contributed by atoms with E-state index in [-0.39, 0.29) is 5.41 Å². The highest BCUT2D eigenvalue weighted by molar-refractivity contribution is 5.32. The van der Waals surface area contributed by atoms with Gasteiger partial charge in [-0.05, 0) is 42.5 Å². The van der Waals surface area contributed by atoms with Gasteiger partial charge < -0.3 is 14.9 Å². The Balaban J connectivity index is 2.02. The molecule has 3 nitrogen and oxygen atoms in total. The first kappa shape index (κ1) is 15.6. The third kappa shape index (κ3) is 3.67. The molecule has 0 aliphatic rings. The number of furan rings is 1. The molecule has 1 aromatic heterocycles. The fourth-order valence-electron chi connectivity index (χ4n) is 2.20. The van der Waals surface area contributed by atoms with Gasteiger partial charge in [0.2, 0.25) is 0 Å². The molecule has 0 saturated heterocycles. The Morgan fingerprint density at radius 1 is 1.19 bits per heavy atom. The maximum absolute atomic E-state index is 5.83. The summed E-state index contributed by atoms with van der Waals surface area (Å²) >= 11 is 0. The molecule has 3 heteroatoms. The van der Waals surface area contributed by atoms with Crippen LogP contribution in [-0.4, -0.2) is 0 Å². The maximum Gasteiger partial charge on any atom is 0.119 e. The van der Waals surface area contributed by atoms with Gasteiger partial charge in [-0.3, -0.25) is 0 Å². The van der Waals surface area contributed by atoms with Crippen molar-refractivity contribution < 1.29 is 9.15 Å². The standard InChI is InChI=1S/C18H25NO2/c1-5-18(3,4)15-6-8-16(9-7-15)20-12-14-10-17(11-19)21-13(14)2/h6-10H,5,11-12,19H2,1-4H3. The minimum absolute atomic E-state index is 0.204. The summed E-state index contributed by atoms with van der Waals surface area (Å²) in [4.78, 5) is 0. The molecule has 1 aromatic carbocycles. The Labute approximate surface area is 127 Å². The number of hydrogen-bond donors (Lipinski definition) is 1. The third-order valence-corrected chi connectivity index (χ3v) is 4.19. The van der Waals surface area contributed by atoms with E-state index in [0.29, 0.717) is 13.2 Å². The molecule has 0 aliphatic heterocycles. The summed E-state index contributed by atoms with van der Waals surface area (Å²) in [5, 5.41) is 0. The van der Waals surface area contributed by atoms with Crippen molar-refractivity contribution in [2.24, 2.45) is 5.73 Å². The predicted octanol–water partition coefficient (Wildman–Crippen LogP) is 4.31. The number of aryl methyl sites for hydroxylation is 1. The van der Waals surface area contributed by atoms with Crippen LogP contribution in [-0.2, 0) is 18.6 Å². The average Bonchev–Trinajstić information content (AvgIpc) is 2.86. The second kappa shape index (κ2) is 6.35. The van der Waals surface area contributed by atoms with Gasteiger partial charge in [0.25, 0.3) is 0 Å². The third-order valence-electron chi connectivity index (χ3n) is 4.19. The molecule has 21 heavy (non-hydrogen) atoms. The number of hydrogen-bond acceptors (Lipinski definition) is 3. The Bertz CT molecular complexity index is 582. The van der Waals surface area contributed by atoms with Crippen molar-refractivity contribution in [2.75, 3.05) is 0 Å². The summed E-state index contributed by atoms with van der Waals surface area (Å²) in [6.07, 6.45) is 1.11. The molecule has 2 rings (SSSR count). The topological polar surface area (TPSA) is 48.4 Å². The van der Waals surface area contributed by atoms with E-state index in [0.717, 1.165) is 29.3 Å². The number of benzene rings is 1. The van der Waals surface area contributed by atoms with Crippen molar-refractivity contribution in [3.05, 3.63) is 53.0 Å². The van der Waals surface area contributed by atoms with Gasteiger partial charge in [-0.25, -0.2) is 0 Å². The lowest BCUT2D eigenvalue weighted by Gasteiger charge is -2.23. The first-order valence-electron chi connectivity index (χ1n) is 7.48. The van der Waals surface area contributed by atoms with Gasteiger partial charge in [0, 0.05) is 5.56 Å². The van der Waals surface area contributed by atoms with Gasteiger partial charge in [-0.2, -0.15) is 0 Å². The highest BCUT2D eigenvalue weighted by Gasteiger charge is 2.17. The molecule has 0 radical (unpaired) electrons. The van der Waals surface area contributed by atoms with E-state index in [4.69, 9.17) is 14.9 Å². The van der Waals surface area contributed by atoms with E-state index < -0.39 is 0 Å². The van der Waals surface area contributed by atoms with E-state index in [1.54, 1.807) is 0 Å². The molecule has 2 N–H and O–H groups in total. The molecule has 0 bridgehead atoms. The van der Waals surface area contributed by atoms with Crippen molar-refractivity contribution in [3.8, 4) is 5.75 Å². The Morgan fingerprint density at radius 2 is 1.86 bits per heavy atom. The highest BCUT2D eigenvalue weighted by Crippen LogP contribution is 2.28. The highest BCUT2D eigenvalue weighted by atomic mass is 16.5. The van der Waals surface area contributed by atoms with E-state index in [9.17, 15) is 0 Å². The Kier molecular flexibility index (Phi) is 4.73. The quantitative estimate of drug-likeness (QED) is 0.861. The summed E-state index contributed by atoms with van der Waals surface area (Å²) in [6.45, 7) is 9.58. The monoisotopic (exact) mass is 287 g/mol. The van der Waals surface area contributed by atoms with Crippen LogP contribution in [0.2, 0.25) is 0 Å². The van der Waals surface area contributed by atoms with Crippen LogP contribution in [0.5, 0.6) is 5.75 Å². The summed E-state index contributed by atoms with van der Waals surface area (Å²) in [5.41, 5.74) is 8.16. The van der Waals surface area contributed by atoms with Crippen LogP contribution in [0, 0.1) is 6.92 Å². The van der Waals surface area contributed by atoms with Gasteiger partial charge in [0.1, 0.15) is 23.9 Å². The lowest BCUT2D eigenvalue weighted by atomic mass is 9.82. The second-order valence-corrected chi connectivity index (χ2v) is 6.05. The van der Waals surface area contributed by atoms with Gasteiger partial charge in [-0.1, -0.05) is 32.9 Å². The zero-order valence-electron chi connectivity index (χ0n) is 13.4. The molecular weight excluding hydrogens is 262 g/mol. The SMILES string of the molecule is CCC(C)(C)c1ccc(OCc2cc(CN)oc2C)cc1. The second-order valence-electron chi connectivity index (χ2n) is 6.05. The number of nitrogens with two attached hydrogens (primary N) is 1. The van der Waals surface area contributed by atoms with Crippen LogP contribution in [0.1, 0.15) is 49.8 Å². The summed E-state index contributed by atoms with van der Waals surface area (Å²) in [7, 11) is 0. The smallest absolute Gasteiger partial charge is 0.119 e. The number of rotatable bonds is 6. The molecule has 0 atom stereocenters. The average molecular weight is 287 g/mol. The van der Waals surface area contributed by atoms with Crippen molar-refractivity contribution in [1.29, 1.82) is 0 Å². The fourth-order valence-corrected chi connectivity index (χ4v) is 2.20. The summed E-state index contributed by atoms with van der Waals surface area (Å²) in [5.74, 6) is 2.55. The van der Waals surface area contributed by atoms with E-state index >= 15 is 0 Å². The minimum Gasteiger partial charge on any atom is -0.489 e. The molecule has 0 saturated carbocycles. The molecule has 2 aromatic rings. The van der Waals surface area contributed by atoms with E-state index in [2.05, 4.69) is 32.9 Å². The lowest BCUT2D eigenvalue weighted by Crippen LogP contribution is -2.15. The van der Waals surface area contributed by atoms with Crippen molar-refractivity contribution in [2.45, 2.75) is 52.7 Å². The molecular formula is C18H25NO2. The Morgan fingerprint density at radius 3 is 2.38 bits per heavy atom. The van der Waals surface area contributed by atoms with Crippen LogP contribution < -0.4 is 10.5 Å². The van der Waals surface area contributed by atoms with Gasteiger partial charge in [0.05, 0.1) is 6.54 Å². The van der Waals surface area contributed by atoms with Gasteiger partial charge >= 0.3 is 0 Å². The van der Waals surface area contributed by atoms with Crippen molar-refractivity contribution in [1.82, 2.24) is 0 Å². The van der Waals surface area contributed by atoms with E-state index in [1.807, 2.05) is 25.1 Å². The normalized spacial score (nSPS) is 11.7. The molecule has 0 spiro atoms. The molecule has 0 unspecified atom stereocenters. The minimum atomic E-state index is 0.204. The summed E-state index contributed by atoms with van der Waals surface area (Å²) < 4.78 is 11.4. The first-order valence-corrected chi connectivity index (χ1v) is 7.48. The molecule has 0 aliphatic carbocycles.